The smallest absolute Gasteiger partial charge is 0.294 e. The third kappa shape index (κ3) is 3.08. The van der Waals surface area contributed by atoms with Crippen molar-refractivity contribution < 1.29 is 4.92 Å². The van der Waals surface area contributed by atoms with Gasteiger partial charge in [0.15, 0.2) is 0 Å². The SMILES string of the molecule is O=[N+]([O-])c1ccccc1-n1cc(C(c2c[nH]c3ccccc23)c2c[nH]c3ccccc23)nn1. The Bertz CT molecular complexity index is 1550. The second kappa shape index (κ2) is 7.45. The first-order chi connectivity index (χ1) is 16.2. The van der Waals surface area contributed by atoms with Crippen LogP contribution in [-0.4, -0.2) is 29.9 Å². The molecule has 0 saturated heterocycles. The normalized spacial score (nSPS) is 11.5. The maximum absolute atomic E-state index is 11.5. The Morgan fingerprint density at radius 3 is 2.03 bits per heavy atom. The molecular formula is C25H18N6O2. The molecule has 0 aliphatic rings. The lowest BCUT2D eigenvalue weighted by molar-refractivity contribution is -0.384. The van der Waals surface area contributed by atoms with Gasteiger partial charge in [-0.15, -0.1) is 5.10 Å². The molecule has 0 aliphatic heterocycles. The van der Waals surface area contributed by atoms with Gasteiger partial charge in [-0.3, -0.25) is 10.1 Å². The van der Waals surface area contributed by atoms with Crippen molar-refractivity contribution in [2.24, 2.45) is 0 Å². The zero-order valence-electron chi connectivity index (χ0n) is 17.3. The summed E-state index contributed by atoms with van der Waals surface area (Å²) < 4.78 is 1.48. The van der Waals surface area contributed by atoms with Crippen LogP contribution >= 0.6 is 0 Å². The predicted molar refractivity (Wildman–Crippen MR) is 126 cm³/mol. The van der Waals surface area contributed by atoms with Crippen LogP contribution in [0.3, 0.4) is 0 Å². The van der Waals surface area contributed by atoms with Crippen LogP contribution in [0.5, 0.6) is 0 Å². The monoisotopic (exact) mass is 434 g/mol. The second-order valence-corrected chi connectivity index (χ2v) is 7.85. The Labute approximate surface area is 187 Å². The number of nitro benzene ring substituents is 1. The van der Waals surface area contributed by atoms with Crippen molar-refractivity contribution in [2.75, 3.05) is 0 Å². The number of nitrogens with zero attached hydrogens (tertiary/aromatic N) is 4. The Hall–Kier alpha value is -4.72. The van der Waals surface area contributed by atoms with Crippen LogP contribution in [0.25, 0.3) is 27.5 Å². The van der Waals surface area contributed by atoms with Gasteiger partial charge in [-0.25, -0.2) is 4.68 Å². The highest BCUT2D eigenvalue weighted by atomic mass is 16.6. The van der Waals surface area contributed by atoms with Crippen molar-refractivity contribution >= 4 is 27.5 Å². The van der Waals surface area contributed by atoms with E-state index < -0.39 is 4.92 Å². The molecule has 33 heavy (non-hydrogen) atoms. The van der Waals surface area contributed by atoms with E-state index in [-0.39, 0.29) is 11.6 Å². The number of H-pyrrole nitrogens is 2. The van der Waals surface area contributed by atoms with Gasteiger partial charge in [0.05, 0.1) is 22.7 Å². The van der Waals surface area contributed by atoms with E-state index >= 15 is 0 Å². The van der Waals surface area contributed by atoms with Gasteiger partial charge in [0, 0.05) is 40.3 Å². The lowest BCUT2D eigenvalue weighted by Gasteiger charge is -2.13. The topological polar surface area (TPSA) is 105 Å². The summed E-state index contributed by atoms with van der Waals surface area (Å²) in [5.74, 6) is -0.228. The molecular weight excluding hydrogens is 416 g/mol. The minimum atomic E-state index is -0.409. The minimum absolute atomic E-state index is 0.0234. The fraction of sp³-hybridized carbons (Fsp3) is 0.0400. The third-order valence-corrected chi connectivity index (χ3v) is 6.00. The number of benzene rings is 3. The molecule has 3 aromatic heterocycles. The van der Waals surface area contributed by atoms with E-state index in [0.717, 1.165) is 32.9 Å². The molecule has 0 radical (unpaired) electrons. The molecule has 0 spiro atoms. The summed E-state index contributed by atoms with van der Waals surface area (Å²) in [6, 6.07) is 22.8. The molecule has 160 valence electrons. The molecule has 0 bridgehead atoms. The van der Waals surface area contributed by atoms with Crippen LogP contribution < -0.4 is 0 Å². The molecule has 6 aromatic rings. The number of fused-ring (bicyclic) bond motifs is 2. The average Bonchev–Trinajstić information content (AvgIpc) is 3.59. The zero-order valence-corrected chi connectivity index (χ0v) is 17.3. The van der Waals surface area contributed by atoms with E-state index in [1.54, 1.807) is 24.4 Å². The van der Waals surface area contributed by atoms with Crippen LogP contribution in [0, 0.1) is 10.1 Å². The molecule has 2 N–H and O–H groups in total. The minimum Gasteiger partial charge on any atom is -0.361 e. The van der Waals surface area contributed by atoms with Gasteiger partial charge >= 0.3 is 0 Å². The van der Waals surface area contributed by atoms with Gasteiger partial charge in [0.25, 0.3) is 5.69 Å². The molecule has 0 amide bonds. The fourth-order valence-electron chi connectivity index (χ4n) is 4.49. The summed E-state index contributed by atoms with van der Waals surface area (Å²) in [4.78, 5) is 17.8. The number of rotatable bonds is 5. The number of nitro groups is 1. The molecule has 8 nitrogen and oxygen atoms in total. The molecule has 0 atom stereocenters. The zero-order chi connectivity index (χ0) is 22.4. The van der Waals surface area contributed by atoms with Crippen LogP contribution in [0.4, 0.5) is 5.69 Å². The van der Waals surface area contributed by atoms with Gasteiger partial charge in [-0.2, -0.15) is 0 Å². The highest BCUT2D eigenvalue weighted by Gasteiger charge is 2.27. The van der Waals surface area contributed by atoms with Crippen molar-refractivity contribution in [3.8, 4) is 5.69 Å². The molecule has 6 rings (SSSR count). The quantitative estimate of drug-likeness (QED) is 0.283. The highest BCUT2D eigenvalue weighted by Crippen LogP contribution is 2.38. The van der Waals surface area contributed by atoms with Crippen LogP contribution in [-0.2, 0) is 0 Å². The molecule has 0 aliphatic carbocycles. The van der Waals surface area contributed by atoms with E-state index in [1.165, 1.54) is 10.7 Å². The first-order valence-corrected chi connectivity index (χ1v) is 10.5. The third-order valence-electron chi connectivity index (χ3n) is 6.00. The van der Waals surface area contributed by atoms with Gasteiger partial charge in [0.2, 0.25) is 0 Å². The van der Waals surface area contributed by atoms with Crippen LogP contribution in [0.1, 0.15) is 22.7 Å². The molecule has 3 aromatic carbocycles. The number of aromatic amines is 2. The molecule has 3 heterocycles. The van der Waals surface area contributed by atoms with Crippen molar-refractivity contribution in [1.29, 1.82) is 0 Å². The van der Waals surface area contributed by atoms with E-state index in [9.17, 15) is 10.1 Å². The summed E-state index contributed by atoms with van der Waals surface area (Å²) in [6.07, 6.45) is 5.78. The van der Waals surface area contributed by atoms with E-state index in [2.05, 4.69) is 32.4 Å². The van der Waals surface area contributed by atoms with Crippen LogP contribution in [0.2, 0.25) is 0 Å². The first kappa shape index (κ1) is 19.0. The van der Waals surface area contributed by atoms with Gasteiger partial charge in [-0.05, 0) is 29.3 Å². The van der Waals surface area contributed by atoms with E-state index in [4.69, 9.17) is 0 Å². The largest absolute Gasteiger partial charge is 0.361 e. The fourth-order valence-corrected chi connectivity index (χ4v) is 4.49. The molecule has 0 unspecified atom stereocenters. The number of hydrogen-bond donors (Lipinski definition) is 2. The van der Waals surface area contributed by atoms with Crippen molar-refractivity contribution in [3.05, 3.63) is 118 Å². The number of hydrogen-bond acceptors (Lipinski definition) is 4. The second-order valence-electron chi connectivity index (χ2n) is 7.85. The highest BCUT2D eigenvalue weighted by molar-refractivity contribution is 5.88. The first-order valence-electron chi connectivity index (χ1n) is 10.5. The Morgan fingerprint density at radius 2 is 1.39 bits per heavy atom. The summed E-state index contributed by atoms with van der Waals surface area (Å²) in [5.41, 5.74) is 5.23. The van der Waals surface area contributed by atoms with Crippen molar-refractivity contribution in [1.82, 2.24) is 25.0 Å². The van der Waals surface area contributed by atoms with E-state index in [1.807, 2.05) is 48.8 Å². The lowest BCUT2D eigenvalue weighted by atomic mass is 9.88. The van der Waals surface area contributed by atoms with E-state index in [0.29, 0.717) is 11.4 Å². The summed E-state index contributed by atoms with van der Waals surface area (Å²) in [7, 11) is 0. The number of para-hydroxylation sites is 4. The Balaban J connectivity index is 1.57. The standard InChI is InChI=1S/C25H18N6O2/c32-31(33)24-12-6-5-11-23(24)30-15-22(28-29-30)25(18-13-26-20-9-3-1-7-16(18)20)19-14-27-21-10-4-2-8-17(19)21/h1-15,25-27H. The summed E-state index contributed by atoms with van der Waals surface area (Å²) in [5, 5.41) is 22.5. The Kier molecular flexibility index (Phi) is 4.29. The maximum atomic E-state index is 11.5. The lowest BCUT2D eigenvalue weighted by Crippen LogP contribution is -2.03. The number of aromatic nitrogens is 5. The molecule has 0 saturated carbocycles. The Morgan fingerprint density at radius 1 is 0.818 bits per heavy atom. The molecule has 0 fully saturated rings. The predicted octanol–water partition coefficient (Wildman–Crippen LogP) is 5.32. The molecule has 8 heteroatoms. The van der Waals surface area contributed by atoms with Crippen molar-refractivity contribution in [3.63, 3.8) is 0 Å². The number of nitrogens with one attached hydrogen (secondary N) is 2. The summed E-state index contributed by atoms with van der Waals surface area (Å²) >= 11 is 0. The van der Waals surface area contributed by atoms with Gasteiger partial charge in [0.1, 0.15) is 5.69 Å². The van der Waals surface area contributed by atoms with Gasteiger partial charge < -0.3 is 9.97 Å². The maximum Gasteiger partial charge on any atom is 0.294 e. The van der Waals surface area contributed by atoms with Crippen molar-refractivity contribution in [2.45, 2.75) is 5.92 Å². The van der Waals surface area contributed by atoms with Crippen LogP contribution in [0.15, 0.2) is 91.4 Å². The van der Waals surface area contributed by atoms with Gasteiger partial charge in [-0.1, -0.05) is 53.7 Å². The summed E-state index contributed by atoms with van der Waals surface area (Å²) in [6.45, 7) is 0. The average molecular weight is 434 g/mol.